The van der Waals surface area contributed by atoms with E-state index in [0.29, 0.717) is 6.04 Å². The van der Waals surface area contributed by atoms with Crippen molar-refractivity contribution in [3.05, 3.63) is 30.6 Å². The van der Waals surface area contributed by atoms with Crippen LogP contribution in [0.25, 0.3) is 0 Å². The molecule has 0 atom stereocenters. The van der Waals surface area contributed by atoms with E-state index in [2.05, 4.69) is 58.6 Å². The van der Waals surface area contributed by atoms with E-state index < -0.39 is 0 Å². The third-order valence-corrected chi connectivity index (χ3v) is 4.00. The number of nitrogens with one attached hydrogen (secondary N) is 2. The average molecular weight is 290 g/mol. The predicted molar refractivity (Wildman–Crippen MR) is 84.2 cm³/mol. The van der Waals surface area contributed by atoms with Gasteiger partial charge < -0.3 is 5.32 Å². The highest BCUT2D eigenvalue weighted by Gasteiger charge is 2.06. The molecule has 0 aliphatic carbocycles. The van der Waals surface area contributed by atoms with Crippen molar-refractivity contribution < 1.29 is 0 Å². The third-order valence-electron chi connectivity index (χ3n) is 3.11. The molecule has 0 unspecified atom stereocenters. The minimum atomic E-state index is 0.581. The van der Waals surface area contributed by atoms with Gasteiger partial charge in [0.05, 0.1) is 0 Å². The maximum Gasteiger partial charge on any atom is 0.188 e. The molecule has 2 aromatic rings. The Balaban J connectivity index is 1.93. The number of aromatic nitrogens is 3. The van der Waals surface area contributed by atoms with Crippen molar-refractivity contribution in [3.8, 4) is 0 Å². The molecule has 0 aliphatic rings. The zero-order valence-corrected chi connectivity index (χ0v) is 12.9. The summed E-state index contributed by atoms with van der Waals surface area (Å²) in [5, 5.41) is 11.1. The van der Waals surface area contributed by atoms with E-state index >= 15 is 0 Å². The van der Waals surface area contributed by atoms with Gasteiger partial charge >= 0.3 is 0 Å². The molecule has 0 saturated heterocycles. The highest BCUT2D eigenvalue weighted by molar-refractivity contribution is 7.99. The summed E-state index contributed by atoms with van der Waals surface area (Å²) in [6.07, 6.45) is 6.41. The highest BCUT2D eigenvalue weighted by atomic mass is 32.2. The maximum atomic E-state index is 4.11. The summed E-state index contributed by atoms with van der Waals surface area (Å²) in [5.74, 6) is 0. The summed E-state index contributed by atoms with van der Waals surface area (Å²) < 4.78 is 0. The average Bonchev–Trinajstić information content (AvgIpc) is 2.94. The zero-order chi connectivity index (χ0) is 14.2. The fourth-order valence-electron chi connectivity index (χ4n) is 2.20. The van der Waals surface area contributed by atoms with E-state index in [0.717, 1.165) is 10.1 Å². The second-order valence-electron chi connectivity index (χ2n) is 4.84. The van der Waals surface area contributed by atoms with Crippen LogP contribution in [-0.4, -0.2) is 21.2 Å². The minimum Gasteiger partial charge on any atom is -0.382 e. The largest absolute Gasteiger partial charge is 0.382 e. The third kappa shape index (κ3) is 4.56. The molecule has 4 nitrogen and oxygen atoms in total. The van der Waals surface area contributed by atoms with Gasteiger partial charge in [0.2, 0.25) is 0 Å². The molecule has 0 saturated carbocycles. The van der Waals surface area contributed by atoms with Crippen molar-refractivity contribution in [2.45, 2.75) is 55.6 Å². The molecule has 2 rings (SSSR count). The molecule has 0 radical (unpaired) electrons. The molecule has 0 fully saturated rings. The molecule has 1 aromatic carbocycles. The van der Waals surface area contributed by atoms with Crippen LogP contribution in [0.1, 0.15) is 39.5 Å². The number of aromatic amines is 1. The first kappa shape index (κ1) is 14.9. The lowest BCUT2D eigenvalue weighted by Crippen LogP contribution is -2.18. The maximum absolute atomic E-state index is 4.11. The van der Waals surface area contributed by atoms with Crippen LogP contribution < -0.4 is 5.32 Å². The first-order valence-corrected chi connectivity index (χ1v) is 8.03. The van der Waals surface area contributed by atoms with Crippen molar-refractivity contribution in [1.82, 2.24) is 15.2 Å². The van der Waals surface area contributed by atoms with Crippen LogP contribution in [0, 0.1) is 0 Å². The number of rotatable bonds is 8. The Morgan fingerprint density at radius 2 is 1.85 bits per heavy atom. The summed E-state index contributed by atoms with van der Waals surface area (Å²) in [6, 6.07) is 9.08. The number of anilines is 1. The Morgan fingerprint density at radius 1 is 1.15 bits per heavy atom. The number of H-pyrrole nitrogens is 1. The van der Waals surface area contributed by atoms with E-state index in [1.54, 1.807) is 11.8 Å². The number of hydrogen-bond acceptors (Lipinski definition) is 4. The lowest BCUT2D eigenvalue weighted by Gasteiger charge is -2.18. The van der Waals surface area contributed by atoms with E-state index in [-0.39, 0.29) is 0 Å². The summed E-state index contributed by atoms with van der Waals surface area (Å²) in [6.45, 7) is 4.48. The molecule has 0 spiro atoms. The van der Waals surface area contributed by atoms with Crippen LogP contribution in [-0.2, 0) is 0 Å². The highest BCUT2D eigenvalue weighted by Crippen LogP contribution is 2.25. The van der Waals surface area contributed by atoms with E-state index in [1.165, 1.54) is 37.7 Å². The molecule has 1 heterocycles. The normalized spacial score (nSPS) is 10.9. The summed E-state index contributed by atoms with van der Waals surface area (Å²) >= 11 is 1.59. The zero-order valence-electron chi connectivity index (χ0n) is 12.1. The topological polar surface area (TPSA) is 53.6 Å². The fourth-order valence-corrected chi connectivity index (χ4v) is 2.89. The van der Waals surface area contributed by atoms with Crippen LogP contribution in [0.2, 0.25) is 0 Å². The van der Waals surface area contributed by atoms with Gasteiger partial charge in [0, 0.05) is 16.6 Å². The first-order chi connectivity index (χ1) is 9.81. The second kappa shape index (κ2) is 7.94. The van der Waals surface area contributed by atoms with Crippen LogP contribution in [0.4, 0.5) is 5.69 Å². The van der Waals surface area contributed by atoms with Crippen LogP contribution in [0.5, 0.6) is 0 Å². The monoisotopic (exact) mass is 290 g/mol. The summed E-state index contributed by atoms with van der Waals surface area (Å²) in [4.78, 5) is 5.27. The van der Waals surface area contributed by atoms with Crippen LogP contribution in [0.15, 0.2) is 40.6 Å². The molecular weight excluding hydrogens is 268 g/mol. The molecule has 5 heteroatoms. The van der Waals surface area contributed by atoms with Gasteiger partial charge in [-0.3, -0.25) is 5.10 Å². The van der Waals surface area contributed by atoms with Gasteiger partial charge in [0.1, 0.15) is 6.33 Å². The Morgan fingerprint density at radius 3 is 2.40 bits per heavy atom. The molecule has 1 aromatic heterocycles. The lowest BCUT2D eigenvalue weighted by molar-refractivity contribution is 0.586. The van der Waals surface area contributed by atoms with Crippen LogP contribution >= 0.6 is 11.8 Å². The molecule has 0 bridgehead atoms. The van der Waals surface area contributed by atoms with Gasteiger partial charge in [-0.2, -0.15) is 5.10 Å². The van der Waals surface area contributed by atoms with E-state index in [1.807, 2.05) is 0 Å². The number of nitrogens with zero attached hydrogens (tertiary/aromatic N) is 2. The lowest BCUT2D eigenvalue weighted by atomic mass is 10.1. The summed E-state index contributed by atoms with van der Waals surface area (Å²) in [5.41, 5.74) is 1.19. The van der Waals surface area contributed by atoms with Gasteiger partial charge in [-0.05, 0) is 37.1 Å². The number of hydrogen-bond donors (Lipinski definition) is 2. The molecule has 0 aliphatic heterocycles. The smallest absolute Gasteiger partial charge is 0.188 e. The van der Waals surface area contributed by atoms with Crippen molar-refractivity contribution in [1.29, 1.82) is 0 Å². The summed E-state index contributed by atoms with van der Waals surface area (Å²) in [7, 11) is 0. The van der Waals surface area contributed by atoms with Crippen molar-refractivity contribution in [2.75, 3.05) is 5.32 Å². The standard InChI is InChI=1S/C15H22N4S/c1-3-5-12(6-4-2)18-13-7-9-14(10-8-13)20-15-16-11-17-19-15/h7-12,18H,3-6H2,1-2H3,(H,16,17,19). The minimum absolute atomic E-state index is 0.581. The predicted octanol–water partition coefficient (Wildman–Crippen LogP) is 4.34. The van der Waals surface area contributed by atoms with Gasteiger partial charge in [-0.1, -0.05) is 38.5 Å². The fraction of sp³-hybridized carbons (Fsp3) is 0.467. The van der Waals surface area contributed by atoms with Gasteiger partial charge in [-0.15, -0.1) is 0 Å². The Bertz CT molecular complexity index is 475. The van der Waals surface area contributed by atoms with Gasteiger partial charge in [-0.25, -0.2) is 4.98 Å². The van der Waals surface area contributed by atoms with Crippen molar-refractivity contribution in [3.63, 3.8) is 0 Å². The SMILES string of the molecule is CCCC(CCC)Nc1ccc(Sc2ncn[nH]2)cc1. The first-order valence-electron chi connectivity index (χ1n) is 7.21. The molecule has 20 heavy (non-hydrogen) atoms. The van der Waals surface area contributed by atoms with Crippen molar-refractivity contribution >= 4 is 17.4 Å². The Labute approximate surface area is 124 Å². The van der Waals surface area contributed by atoms with Crippen molar-refractivity contribution in [2.24, 2.45) is 0 Å². The van der Waals surface area contributed by atoms with Gasteiger partial charge in [0.25, 0.3) is 0 Å². The van der Waals surface area contributed by atoms with Gasteiger partial charge in [0.15, 0.2) is 5.16 Å². The Kier molecular flexibility index (Phi) is 5.92. The molecule has 108 valence electrons. The molecular formula is C15H22N4S. The number of benzene rings is 1. The Hall–Kier alpha value is -1.49. The molecule has 0 amide bonds. The van der Waals surface area contributed by atoms with E-state index in [4.69, 9.17) is 0 Å². The molecule has 2 N–H and O–H groups in total. The second-order valence-corrected chi connectivity index (χ2v) is 5.90. The quantitative estimate of drug-likeness (QED) is 0.759. The van der Waals surface area contributed by atoms with Crippen LogP contribution in [0.3, 0.4) is 0 Å². The van der Waals surface area contributed by atoms with E-state index in [9.17, 15) is 0 Å².